The van der Waals surface area contributed by atoms with Crippen molar-refractivity contribution in [3.8, 4) is 0 Å². The van der Waals surface area contributed by atoms with Gasteiger partial charge in [0.15, 0.2) is 0 Å². The van der Waals surface area contributed by atoms with Crippen molar-refractivity contribution in [2.75, 3.05) is 13.1 Å². The number of carbonyl (C=O) groups excluding carboxylic acids is 2. The minimum Gasteiger partial charge on any atom is -0.354 e. The highest BCUT2D eigenvalue weighted by molar-refractivity contribution is 7.89. The van der Waals surface area contributed by atoms with E-state index < -0.39 is 10.0 Å². The molecule has 0 saturated heterocycles. The Kier molecular flexibility index (Phi) is 6.07. The molecule has 0 aliphatic carbocycles. The fourth-order valence-electron chi connectivity index (χ4n) is 1.91. The van der Waals surface area contributed by atoms with Crippen molar-refractivity contribution in [3.63, 3.8) is 0 Å². The highest BCUT2D eigenvalue weighted by Gasteiger charge is 2.09. The third kappa shape index (κ3) is 5.44. The van der Waals surface area contributed by atoms with Gasteiger partial charge in [-0.25, -0.2) is 13.6 Å². The molecule has 0 spiro atoms. The maximum absolute atomic E-state index is 11.7. The van der Waals surface area contributed by atoms with E-state index in [1.807, 2.05) is 0 Å². The van der Waals surface area contributed by atoms with Gasteiger partial charge >= 0.3 is 0 Å². The molecule has 4 N–H and O–H groups in total. The van der Waals surface area contributed by atoms with Crippen LogP contribution in [0.4, 0.5) is 0 Å². The topological polar surface area (TPSA) is 118 Å². The molecule has 24 heavy (non-hydrogen) atoms. The molecule has 0 fully saturated rings. The van der Waals surface area contributed by atoms with E-state index in [9.17, 15) is 18.0 Å². The summed E-state index contributed by atoms with van der Waals surface area (Å²) >= 11 is 1.31. The van der Waals surface area contributed by atoms with Gasteiger partial charge in [0.05, 0.1) is 16.3 Å². The largest absolute Gasteiger partial charge is 0.354 e. The Labute approximate surface area is 143 Å². The Morgan fingerprint density at radius 2 is 1.79 bits per heavy atom. The molecule has 0 radical (unpaired) electrons. The monoisotopic (exact) mass is 367 g/mol. The van der Waals surface area contributed by atoms with Gasteiger partial charge in [-0.3, -0.25) is 9.59 Å². The van der Waals surface area contributed by atoms with Crippen LogP contribution in [0.25, 0.3) is 0 Å². The lowest BCUT2D eigenvalue weighted by atomic mass is 10.1. The van der Waals surface area contributed by atoms with Gasteiger partial charge in [0, 0.05) is 6.54 Å². The molecule has 0 bridgehead atoms. The highest BCUT2D eigenvalue weighted by atomic mass is 32.2. The van der Waals surface area contributed by atoms with Gasteiger partial charge in [0.1, 0.15) is 0 Å². The average Bonchev–Trinajstić information content (AvgIpc) is 3.07. The van der Waals surface area contributed by atoms with Crippen molar-refractivity contribution in [2.45, 2.75) is 11.3 Å². The van der Waals surface area contributed by atoms with Crippen molar-refractivity contribution in [1.29, 1.82) is 0 Å². The maximum atomic E-state index is 11.7. The summed E-state index contributed by atoms with van der Waals surface area (Å²) in [6.07, 6.45) is 0.537. The van der Waals surface area contributed by atoms with Crippen LogP contribution in [-0.4, -0.2) is 33.3 Å². The second kappa shape index (κ2) is 8.04. The molecule has 0 aliphatic heterocycles. The van der Waals surface area contributed by atoms with Crippen LogP contribution in [0.2, 0.25) is 0 Å². The molecule has 1 aromatic carbocycles. The summed E-state index contributed by atoms with van der Waals surface area (Å²) in [5, 5.41) is 12.0. The van der Waals surface area contributed by atoms with Crippen LogP contribution in [0, 0.1) is 0 Å². The fourth-order valence-corrected chi connectivity index (χ4v) is 3.07. The predicted molar refractivity (Wildman–Crippen MR) is 91.2 cm³/mol. The molecule has 2 aromatic rings. The zero-order chi connectivity index (χ0) is 17.6. The van der Waals surface area contributed by atoms with Gasteiger partial charge in [0.25, 0.3) is 5.91 Å². The lowest BCUT2D eigenvalue weighted by molar-refractivity contribution is -0.120. The molecule has 7 nitrogen and oxygen atoms in total. The molecule has 9 heteroatoms. The zero-order valence-corrected chi connectivity index (χ0v) is 14.3. The number of hydrogen-bond acceptors (Lipinski definition) is 5. The minimum absolute atomic E-state index is 0.0478. The number of nitrogens with two attached hydrogens (primary N) is 1. The first-order valence-electron chi connectivity index (χ1n) is 7.06. The number of carbonyl (C=O) groups is 2. The van der Waals surface area contributed by atoms with Crippen LogP contribution in [0.3, 0.4) is 0 Å². The number of hydrogen-bond donors (Lipinski definition) is 3. The van der Waals surface area contributed by atoms with Crippen molar-refractivity contribution >= 4 is 33.2 Å². The quantitative estimate of drug-likeness (QED) is 0.660. The highest BCUT2D eigenvalue weighted by Crippen LogP contribution is 2.09. The number of amides is 2. The first kappa shape index (κ1) is 18.1. The molecule has 2 amide bonds. The van der Waals surface area contributed by atoms with Gasteiger partial charge in [-0.1, -0.05) is 18.2 Å². The summed E-state index contributed by atoms with van der Waals surface area (Å²) in [6, 6.07) is 9.58. The molecule has 0 saturated carbocycles. The predicted octanol–water partition coefficient (Wildman–Crippen LogP) is 0.484. The third-order valence-electron chi connectivity index (χ3n) is 3.14. The minimum atomic E-state index is -3.70. The first-order chi connectivity index (χ1) is 11.4. The average molecular weight is 367 g/mol. The summed E-state index contributed by atoms with van der Waals surface area (Å²) < 4.78 is 22.3. The molecule has 0 unspecified atom stereocenters. The molecule has 2 rings (SSSR count). The fraction of sp³-hybridized carbons (Fsp3) is 0.200. The standard InChI is InChI=1S/C15H17N3O4S2/c16-24(21,22)12-5-3-11(4-6-12)7-8-17-14(19)10-18-15(20)13-2-1-9-23-13/h1-6,9H,7-8,10H2,(H,17,19)(H,18,20)(H2,16,21,22). The first-order valence-corrected chi connectivity index (χ1v) is 9.49. The second-order valence-electron chi connectivity index (χ2n) is 4.95. The summed E-state index contributed by atoms with van der Waals surface area (Å²) in [4.78, 5) is 24.0. The Morgan fingerprint density at radius 3 is 2.38 bits per heavy atom. The Hall–Kier alpha value is -2.23. The number of rotatable bonds is 7. The van der Waals surface area contributed by atoms with E-state index >= 15 is 0 Å². The summed E-state index contributed by atoms with van der Waals surface area (Å²) in [7, 11) is -3.70. The molecule has 0 aliphatic rings. The molecule has 128 valence electrons. The van der Waals surface area contributed by atoms with E-state index in [0.717, 1.165) is 5.56 Å². The Morgan fingerprint density at radius 1 is 1.08 bits per heavy atom. The van der Waals surface area contributed by atoms with Crippen LogP contribution < -0.4 is 15.8 Å². The van der Waals surface area contributed by atoms with Gasteiger partial charge in [-0.2, -0.15) is 0 Å². The van der Waals surface area contributed by atoms with Gasteiger partial charge in [-0.05, 0) is 35.6 Å². The van der Waals surface area contributed by atoms with E-state index in [4.69, 9.17) is 5.14 Å². The zero-order valence-electron chi connectivity index (χ0n) is 12.7. The van der Waals surface area contributed by atoms with Crippen LogP contribution in [0.5, 0.6) is 0 Å². The van der Waals surface area contributed by atoms with Crippen LogP contribution in [0.15, 0.2) is 46.7 Å². The van der Waals surface area contributed by atoms with Crippen LogP contribution in [0.1, 0.15) is 15.2 Å². The SMILES string of the molecule is NS(=O)(=O)c1ccc(CCNC(=O)CNC(=O)c2cccs2)cc1. The van der Waals surface area contributed by atoms with Crippen LogP contribution in [-0.2, 0) is 21.2 Å². The van der Waals surface area contributed by atoms with Gasteiger partial charge in [-0.15, -0.1) is 11.3 Å². The van der Waals surface area contributed by atoms with Crippen molar-refractivity contribution < 1.29 is 18.0 Å². The normalized spacial score (nSPS) is 11.0. The molecular formula is C15H17N3O4S2. The van der Waals surface area contributed by atoms with E-state index in [2.05, 4.69) is 10.6 Å². The summed E-state index contributed by atoms with van der Waals surface area (Å²) in [6.45, 7) is 0.281. The number of nitrogens with one attached hydrogen (secondary N) is 2. The second-order valence-corrected chi connectivity index (χ2v) is 7.46. The van der Waals surface area contributed by atoms with Crippen LogP contribution >= 0.6 is 11.3 Å². The maximum Gasteiger partial charge on any atom is 0.261 e. The van der Waals surface area contributed by atoms with Gasteiger partial charge in [0.2, 0.25) is 15.9 Å². The molecular weight excluding hydrogens is 350 g/mol. The molecule has 1 heterocycles. The lowest BCUT2D eigenvalue weighted by Gasteiger charge is -2.07. The summed E-state index contributed by atoms with van der Waals surface area (Å²) in [5.41, 5.74) is 0.866. The van der Waals surface area contributed by atoms with E-state index in [1.54, 1.807) is 29.6 Å². The Bertz CT molecular complexity index is 800. The van der Waals surface area contributed by atoms with Crippen molar-refractivity contribution in [1.82, 2.24) is 10.6 Å². The van der Waals surface area contributed by atoms with E-state index in [-0.39, 0.29) is 23.3 Å². The summed E-state index contributed by atoms with van der Waals surface area (Å²) in [5.74, 6) is -0.570. The van der Waals surface area contributed by atoms with Crippen molar-refractivity contribution in [2.24, 2.45) is 5.14 Å². The number of primary sulfonamides is 1. The number of thiophene rings is 1. The van der Waals surface area contributed by atoms with E-state index in [0.29, 0.717) is 17.8 Å². The molecule has 1 aromatic heterocycles. The Balaban J connectivity index is 1.72. The third-order valence-corrected chi connectivity index (χ3v) is 4.94. The lowest BCUT2D eigenvalue weighted by Crippen LogP contribution is -2.37. The van der Waals surface area contributed by atoms with Crippen molar-refractivity contribution in [3.05, 3.63) is 52.2 Å². The smallest absolute Gasteiger partial charge is 0.261 e. The number of benzene rings is 1. The number of sulfonamides is 1. The van der Waals surface area contributed by atoms with E-state index in [1.165, 1.54) is 23.5 Å². The van der Waals surface area contributed by atoms with Gasteiger partial charge < -0.3 is 10.6 Å². The molecule has 0 atom stereocenters.